The van der Waals surface area contributed by atoms with Crippen LogP contribution in [0.2, 0.25) is 0 Å². The Labute approximate surface area is 101 Å². The number of imide groups is 1. The summed E-state index contributed by atoms with van der Waals surface area (Å²) in [5, 5.41) is 21.7. The first-order valence-corrected chi connectivity index (χ1v) is 6.21. The Morgan fingerprint density at radius 3 is 2.47 bits per heavy atom. The van der Waals surface area contributed by atoms with Crippen LogP contribution in [0.1, 0.15) is 46.0 Å². The third kappa shape index (κ3) is 2.84. The molecule has 1 fully saturated rings. The number of aliphatic hydroxyl groups excluding tert-OH is 1. The summed E-state index contributed by atoms with van der Waals surface area (Å²) in [5.74, 6) is -1.43. The Kier molecular flexibility index (Phi) is 4.65. The number of carbonyl (C=O) groups is 2. The molecule has 0 radical (unpaired) electrons. The largest absolute Gasteiger partial charge is 0.380 e. The van der Waals surface area contributed by atoms with E-state index in [4.69, 9.17) is 0 Å². The van der Waals surface area contributed by atoms with Gasteiger partial charge < -0.3 is 10.2 Å². The van der Waals surface area contributed by atoms with Crippen LogP contribution in [0.5, 0.6) is 0 Å². The molecule has 1 heterocycles. The van der Waals surface area contributed by atoms with Gasteiger partial charge in [-0.1, -0.05) is 39.5 Å². The lowest BCUT2D eigenvalue weighted by molar-refractivity contribution is -0.148. The molecule has 0 spiro atoms. The highest BCUT2D eigenvalue weighted by Gasteiger charge is 2.54. The maximum Gasteiger partial charge on any atom is 0.261 e. The lowest BCUT2D eigenvalue weighted by Gasteiger charge is -2.26. The molecule has 98 valence electrons. The van der Waals surface area contributed by atoms with Gasteiger partial charge in [0.15, 0.2) is 11.7 Å². The Balaban J connectivity index is 2.70. The summed E-state index contributed by atoms with van der Waals surface area (Å²) >= 11 is 0. The highest BCUT2D eigenvalue weighted by Crippen LogP contribution is 2.30. The summed E-state index contributed by atoms with van der Waals surface area (Å²) in [4.78, 5) is 22.6. The molecule has 0 aromatic carbocycles. The molecule has 0 bridgehead atoms. The quantitative estimate of drug-likeness (QED) is 0.587. The fourth-order valence-corrected chi connectivity index (χ4v) is 2.22. The number of hydrogen-bond acceptors (Lipinski definition) is 4. The predicted molar refractivity (Wildman–Crippen MR) is 62.0 cm³/mol. The van der Waals surface area contributed by atoms with Crippen LogP contribution >= 0.6 is 0 Å². The van der Waals surface area contributed by atoms with E-state index in [-0.39, 0.29) is 12.3 Å². The van der Waals surface area contributed by atoms with Gasteiger partial charge in [0.05, 0.1) is 0 Å². The van der Waals surface area contributed by atoms with E-state index >= 15 is 0 Å². The molecule has 0 aromatic rings. The van der Waals surface area contributed by atoms with Gasteiger partial charge >= 0.3 is 0 Å². The van der Waals surface area contributed by atoms with Gasteiger partial charge in [-0.3, -0.25) is 14.9 Å². The standard InChI is InChI=1S/C12H21NO4/c1-3-5-6-8(4-2)7-12(17)9(14)10(15)13-11(12)16/h8-9,14,17H,3-7H2,1-2H3,(H,13,15,16). The zero-order chi connectivity index (χ0) is 13.1. The minimum Gasteiger partial charge on any atom is -0.380 e. The van der Waals surface area contributed by atoms with Crippen LogP contribution in [-0.2, 0) is 9.59 Å². The Morgan fingerprint density at radius 2 is 2.06 bits per heavy atom. The molecule has 3 unspecified atom stereocenters. The summed E-state index contributed by atoms with van der Waals surface area (Å²) in [6, 6.07) is 0. The van der Waals surface area contributed by atoms with Crippen LogP contribution in [0.25, 0.3) is 0 Å². The molecule has 17 heavy (non-hydrogen) atoms. The Bertz CT molecular complexity index is 305. The molecule has 2 amide bonds. The van der Waals surface area contributed by atoms with Crippen LogP contribution < -0.4 is 5.32 Å². The van der Waals surface area contributed by atoms with Crippen LogP contribution in [0.15, 0.2) is 0 Å². The summed E-state index contributed by atoms with van der Waals surface area (Å²) in [5.41, 5.74) is -1.94. The van der Waals surface area contributed by atoms with Gasteiger partial charge in [0.2, 0.25) is 0 Å². The van der Waals surface area contributed by atoms with E-state index in [0.29, 0.717) is 0 Å². The van der Waals surface area contributed by atoms with Gasteiger partial charge in [0, 0.05) is 0 Å². The number of aliphatic hydroxyl groups is 2. The van der Waals surface area contributed by atoms with Gasteiger partial charge in [-0.05, 0) is 12.3 Å². The molecule has 0 aliphatic carbocycles. The van der Waals surface area contributed by atoms with E-state index in [2.05, 4.69) is 6.92 Å². The molecule has 1 saturated heterocycles. The Hall–Kier alpha value is -0.940. The summed E-state index contributed by atoms with van der Waals surface area (Å²) in [6.07, 6.45) is 2.27. The third-order valence-corrected chi connectivity index (χ3v) is 3.47. The first-order valence-electron chi connectivity index (χ1n) is 6.21. The number of unbranched alkanes of at least 4 members (excludes halogenated alkanes) is 1. The monoisotopic (exact) mass is 243 g/mol. The molecular formula is C12H21NO4. The molecule has 0 saturated carbocycles. The Morgan fingerprint density at radius 1 is 1.41 bits per heavy atom. The average molecular weight is 243 g/mol. The maximum atomic E-state index is 11.5. The van der Waals surface area contributed by atoms with Gasteiger partial charge in [-0.25, -0.2) is 0 Å². The lowest BCUT2D eigenvalue weighted by Crippen LogP contribution is -2.47. The first kappa shape index (κ1) is 14.1. The third-order valence-electron chi connectivity index (χ3n) is 3.47. The van der Waals surface area contributed by atoms with Gasteiger partial charge in [-0.15, -0.1) is 0 Å². The van der Waals surface area contributed by atoms with Crippen LogP contribution in [0.3, 0.4) is 0 Å². The van der Waals surface area contributed by atoms with Crippen molar-refractivity contribution in [2.45, 2.75) is 57.7 Å². The topological polar surface area (TPSA) is 86.6 Å². The summed E-state index contributed by atoms with van der Waals surface area (Å²) in [7, 11) is 0. The van der Waals surface area contributed by atoms with E-state index in [1.807, 2.05) is 12.2 Å². The molecule has 1 aliphatic rings. The van der Waals surface area contributed by atoms with E-state index in [9.17, 15) is 19.8 Å². The van der Waals surface area contributed by atoms with E-state index in [0.717, 1.165) is 25.7 Å². The van der Waals surface area contributed by atoms with Crippen molar-refractivity contribution in [1.29, 1.82) is 0 Å². The van der Waals surface area contributed by atoms with Crippen molar-refractivity contribution in [3.05, 3.63) is 0 Å². The average Bonchev–Trinajstić information content (AvgIpc) is 2.49. The van der Waals surface area contributed by atoms with Crippen LogP contribution in [0.4, 0.5) is 0 Å². The fraction of sp³-hybridized carbons (Fsp3) is 0.833. The normalized spacial score (nSPS) is 30.5. The summed E-state index contributed by atoms with van der Waals surface area (Å²) < 4.78 is 0. The van der Waals surface area contributed by atoms with Crippen molar-refractivity contribution < 1.29 is 19.8 Å². The van der Waals surface area contributed by atoms with E-state index in [1.165, 1.54) is 0 Å². The molecule has 5 nitrogen and oxygen atoms in total. The smallest absolute Gasteiger partial charge is 0.261 e. The molecule has 1 rings (SSSR count). The zero-order valence-corrected chi connectivity index (χ0v) is 10.4. The van der Waals surface area contributed by atoms with Gasteiger partial charge in [-0.2, -0.15) is 0 Å². The maximum absolute atomic E-state index is 11.5. The number of hydrogen-bond donors (Lipinski definition) is 3. The fourth-order valence-electron chi connectivity index (χ4n) is 2.22. The number of carbonyl (C=O) groups excluding carboxylic acids is 2. The molecule has 3 atom stereocenters. The van der Waals surface area contributed by atoms with Gasteiger partial charge in [0.1, 0.15) is 0 Å². The first-order chi connectivity index (χ1) is 7.95. The molecule has 1 aliphatic heterocycles. The summed E-state index contributed by atoms with van der Waals surface area (Å²) in [6.45, 7) is 4.05. The number of nitrogens with one attached hydrogen (secondary N) is 1. The lowest BCUT2D eigenvalue weighted by atomic mass is 9.83. The second kappa shape index (κ2) is 5.60. The van der Waals surface area contributed by atoms with Crippen molar-refractivity contribution in [2.24, 2.45) is 5.92 Å². The zero-order valence-electron chi connectivity index (χ0n) is 10.4. The van der Waals surface area contributed by atoms with E-state index in [1.54, 1.807) is 0 Å². The van der Waals surface area contributed by atoms with Crippen LogP contribution in [-0.4, -0.2) is 33.7 Å². The number of amides is 2. The molecule has 0 aromatic heterocycles. The van der Waals surface area contributed by atoms with Crippen molar-refractivity contribution in [1.82, 2.24) is 5.32 Å². The molecule has 3 N–H and O–H groups in total. The minimum atomic E-state index is -1.94. The van der Waals surface area contributed by atoms with Gasteiger partial charge in [0.25, 0.3) is 11.8 Å². The minimum absolute atomic E-state index is 0.141. The molecular weight excluding hydrogens is 222 g/mol. The van der Waals surface area contributed by atoms with Crippen molar-refractivity contribution in [2.75, 3.05) is 0 Å². The SMILES string of the molecule is CCCCC(CC)CC1(O)C(=O)NC(=O)C1O. The second-order valence-electron chi connectivity index (χ2n) is 4.77. The van der Waals surface area contributed by atoms with Crippen molar-refractivity contribution in [3.8, 4) is 0 Å². The number of rotatable bonds is 6. The predicted octanol–water partition coefficient (Wildman–Crippen LogP) is 0.341. The second-order valence-corrected chi connectivity index (χ2v) is 4.77. The molecule has 5 heteroatoms. The highest BCUT2D eigenvalue weighted by molar-refractivity contribution is 6.10. The van der Waals surface area contributed by atoms with Crippen LogP contribution in [0, 0.1) is 5.92 Å². The van der Waals surface area contributed by atoms with Crippen molar-refractivity contribution >= 4 is 11.8 Å². The van der Waals surface area contributed by atoms with Crippen molar-refractivity contribution in [3.63, 3.8) is 0 Å². The highest BCUT2D eigenvalue weighted by atomic mass is 16.4. The van der Waals surface area contributed by atoms with E-state index < -0.39 is 23.5 Å².